The molecule has 6 aromatic rings. The Morgan fingerprint density at radius 3 is 1.82 bits per heavy atom. The summed E-state index contributed by atoms with van der Waals surface area (Å²) in [4.78, 5) is 17.2. The summed E-state index contributed by atoms with van der Waals surface area (Å²) in [6.45, 7) is 31.1. The second kappa shape index (κ2) is 19.3. The van der Waals surface area contributed by atoms with Crippen molar-refractivity contribution in [2.75, 3.05) is 0 Å². The van der Waals surface area contributed by atoms with Crippen molar-refractivity contribution in [2.45, 2.75) is 122 Å². The zero-order chi connectivity index (χ0) is 34.3. The van der Waals surface area contributed by atoms with Crippen LogP contribution in [0.25, 0.3) is 16.9 Å². The largest absolute Gasteiger partial charge is 0.301 e. The zero-order valence-corrected chi connectivity index (χ0v) is 30.5. The zero-order valence-electron chi connectivity index (χ0n) is 30.5. The Morgan fingerprint density at radius 1 is 0.622 bits per heavy atom. The fourth-order valence-electron chi connectivity index (χ4n) is 5.11. The summed E-state index contributed by atoms with van der Waals surface area (Å²) in [5.74, 6) is 1.44. The van der Waals surface area contributed by atoms with Crippen molar-refractivity contribution in [1.29, 1.82) is 0 Å². The van der Waals surface area contributed by atoms with Crippen molar-refractivity contribution in [2.24, 2.45) is 0 Å². The van der Waals surface area contributed by atoms with Crippen LogP contribution in [-0.2, 0) is 0 Å². The fraction of sp³-hybridized carbons (Fsp3) is 0.500. The lowest BCUT2D eigenvalue weighted by molar-refractivity contribution is 0.751. The second-order valence-corrected chi connectivity index (χ2v) is 10.6. The minimum absolute atomic E-state index is 0.463. The minimum Gasteiger partial charge on any atom is -0.301 e. The molecule has 0 saturated carbocycles. The molecule has 6 aromatic heterocycles. The first-order chi connectivity index (χ1) is 21.6. The monoisotopic (exact) mass is 615 g/mol. The molecule has 0 aromatic carbocycles. The lowest BCUT2D eigenvalue weighted by atomic mass is 10.0. The molecule has 0 N–H and O–H groups in total. The molecule has 0 aliphatic carbocycles. The summed E-state index contributed by atoms with van der Waals surface area (Å²) in [6, 6.07) is 5.78. The van der Waals surface area contributed by atoms with Gasteiger partial charge in [-0.1, -0.05) is 83.1 Å². The molecule has 0 radical (unpaired) electrons. The van der Waals surface area contributed by atoms with Crippen molar-refractivity contribution in [1.82, 2.24) is 43.6 Å². The van der Waals surface area contributed by atoms with Crippen LogP contribution in [0.1, 0.15) is 135 Å². The highest BCUT2D eigenvalue weighted by Crippen LogP contribution is 2.22. The molecule has 6 heterocycles. The lowest BCUT2D eigenvalue weighted by Gasteiger charge is -2.05. The fourth-order valence-corrected chi connectivity index (χ4v) is 5.11. The van der Waals surface area contributed by atoms with E-state index in [4.69, 9.17) is 0 Å². The SMILES string of the molecule is CC.CC.CC.Cc1nc2cccnn2c1C(C)C.Cc1nc2cnccn2c1C(C)C.Cc1nn2cccnc2c1C(C)C. The van der Waals surface area contributed by atoms with Crippen LogP contribution in [0.4, 0.5) is 0 Å². The maximum absolute atomic E-state index is 4.43. The molecular formula is C36H57N9. The molecular weight excluding hydrogens is 558 g/mol. The number of fused-ring (bicyclic) bond motifs is 3. The number of aromatic nitrogens is 9. The number of imidazole rings is 2. The van der Waals surface area contributed by atoms with Gasteiger partial charge in [-0.2, -0.15) is 10.2 Å². The van der Waals surface area contributed by atoms with E-state index in [-0.39, 0.29) is 0 Å². The van der Waals surface area contributed by atoms with Gasteiger partial charge in [0, 0.05) is 42.2 Å². The third-order valence-electron chi connectivity index (χ3n) is 6.55. The van der Waals surface area contributed by atoms with Crippen LogP contribution < -0.4 is 0 Å². The van der Waals surface area contributed by atoms with Crippen LogP contribution in [0.15, 0.2) is 55.4 Å². The first kappa shape index (κ1) is 38.9. The predicted molar refractivity (Wildman–Crippen MR) is 189 cm³/mol. The predicted octanol–water partition coefficient (Wildman–Crippen LogP) is 9.56. The Balaban J connectivity index is 0.000000311. The first-order valence-electron chi connectivity index (χ1n) is 16.5. The number of hydrogen-bond acceptors (Lipinski definition) is 6. The van der Waals surface area contributed by atoms with Crippen LogP contribution in [0, 0.1) is 20.8 Å². The van der Waals surface area contributed by atoms with Crippen LogP contribution in [-0.4, -0.2) is 43.6 Å². The van der Waals surface area contributed by atoms with Gasteiger partial charge in [0.25, 0.3) is 0 Å². The Labute approximate surface area is 271 Å². The van der Waals surface area contributed by atoms with Gasteiger partial charge in [-0.05, 0) is 56.7 Å². The van der Waals surface area contributed by atoms with Gasteiger partial charge in [0.15, 0.2) is 16.9 Å². The van der Waals surface area contributed by atoms with Gasteiger partial charge >= 0.3 is 0 Å². The molecule has 0 atom stereocenters. The number of nitrogens with zero attached hydrogens (tertiary/aromatic N) is 9. The summed E-state index contributed by atoms with van der Waals surface area (Å²) in [6.07, 6.45) is 11.1. The van der Waals surface area contributed by atoms with E-state index in [0.717, 1.165) is 34.0 Å². The minimum atomic E-state index is 0.463. The Morgan fingerprint density at radius 2 is 1.22 bits per heavy atom. The third kappa shape index (κ3) is 9.67. The van der Waals surface area contributed by atoms with Gasteiger partial charge in [0.1, 0.15) is 0 Å². The van der Waals surface area contributed by atoms with E-state index in [0.29, 0.717) is 17.8 Å². The van der Waals surface area contributed by atoms with Crippen molar-refractivity contribution >= 4 is 16.9 Å². The summed E-state index contributed by atoms with van der Waals surface area (Å²) < 4.78 is 5.86. The number of hydrogen-bond donors (Lipinski definition) is 0. The molecule has 0 aliphatic rings. The maximum atomic E-state index is 4.43. The van der Waals surface area contributed by atoms with E-state index in [2.05, 4.69) is 76.1 Å². The molecule has 6 rings (SSSR count). The van der Waals surface area contributed by atoms with E-state index in [1.165, 1.54) is 17.0 Å². The van der Waals surface area contributed by atoms with E-state index < -0.39 is 0 Å². The van der Waals surface area contributed by atoms with Gasteiger partial charge < -0.3 is 4.40 Å². The number of aryl methyl sites for hydroxylation is 3. The molecule has 0 saturated heterocycles. The summed E-state index contributed by atoms with van der Waals surface area (Å²) in [7, 11) is 0. The summed E-state index contributed by atoms with van der Waals surface area (Å²) >= 11 is 0. The third-order valence-corrected chi connectivity index (χ3v) is 6.55. The van der Waals surface area contributed by atoms with Crippen molar-refractivity contribution in [3.05, 3.63) is 89.4 Å². The molecule has 0 fully saturated rings. The second-order valence-electron chi connectivity index (χ2n) is 10.6. The average Bonchev–Trinajstić information content (AvgIpc) is 3.68. The summed E-state index contributed by atoms with van der Waals surface area (Å²) in [5.41, 5.74) is 9.83. The average molecular weight is 616 g/mol. The maximum Gasteiger partial charge on any atom is 0.158 e. The van der Waals surface area contributed by atoms with Gasteiger partial charge in [0.05, 0.1) is 29.0 Å². The smallest absolute Gasteiger partial charge is 0.158 e. The van der Waals surface area contributed by atoms with Gasteiger partial charge in [-0.25, -0.2) is 24.0 Å². The van der Waals surface area contributed by atoms with E-state index in [1.807, 2.05) is 108 Å². The molecule has 9 heteroatoms. The Hall–Kier alpha value is -4.14. The van der Waals surface area contributed by atoms with E-state index in [1.54, 1.807) is 18.6 Å². The molecule has 0 bridgehead atoms. The first-order valence-corrected chi connectivity index (χ1v) is 16.5. The van der Waals surface area contributed by atoms with Crippen LogP contribution in [0.3, 0.4) is 0 Å². The lowest BCUT2D eigenvalue weighted by Crippen LogP contribution is -1.99. The Bertz CT molecular complexity index is 1490. The molecule has 0 spiro atoms. The normalized spacial score (nSPS) is 10.3. The molecule has 45 heavy (non-hydrogen) atoms. The number of rotatable bonds is 3. The van der Waals surface area contributed by atoms with Crippen molar-refractivity contribution in [3.63, 3.8) is 0 Å². The molecule has 9 nitrogen and oxygen atoms in total. The van der Waals surface area contributed by atoms with Gasteiger partial charge in [-0.3, -0.25) is 4.98 Å². The topological polar surface area (TPSA) is 90.6 Å². The standard InChI is InChI=1S/3C10H13N3.3C2H6/c1-7(2)10-8(3)12-9-6-11-4-5-13(9)10;1-7(2)9-8(3)12-13-6-4-5-11-10(9)13;1-7(2)10-8(3)12-9-5-4-6-11-13(9)10;3*1-2/h3*4-7H,1-3H3;3*1-2H3. The highest BCUT2D eigenvalue weighted by molar-refractivity contribution is 5.51. The van der Waals surface area contributed by atoms with Crippen LogP contribution in [0.5, 0.6) is 0 Å². The van der Waals surface area contributed by atoms with Gasteiger partial charge in [-0.15, -0.1) is 0 Å². The highest BCUT2D eigenvalue weighted by Gasteiger charge is 2.13. The molecule has 246 valence electrons. The highest BCUT2D eigenvalue weighted by atomic mass is 15.3. The van der Waals surface area contributed by atoms with Crippen LogP contribution in [0.2, 0.25) is 0 Å². The Kier molecular flexibility index (Phi) is 16.7. The van der Waals surface area contributed by atoms with E-state index in [9.17, 15) is 0 Å². The van der Waals surface area contributed by atoms with Gasteiger partial charge in [0.2, 0.25) is 0 Å². The van der Waals surface area contributed by atoms with E-state index >= 15 is 0 Å². The molecule has 0 aliphatic heterocycles. The summed E-state index contributed by atoms with van der Waals surface area (Å²) in [5, 5.41) is 8.67. The van der Waals surface area contributed by atoms with Crippen LogP contribution >= 0.6 is 0 Å². The quantitative estimate of drug-likeness (QED) is 0.197. The molecule has 0 amide bonds. The molecule has 0 unspecified atom stereocenters. The van der Waals surface area contributed by atoms with Crippen molar-refractivity contribution in [3.8, 4) is 0 Å². The van der Waals surface area contributed by atoms with Crippen molar-refractivity contribution < 1.29 is 0 Å².